The number of anilines is 2. The molecule has 2 heterocycles. The number of amides is 2. The number of carbonyl (C=O) groups is 2. The summed E-state index contributed by atoms with van der Waals surface area (Å²) in [6.07, 6.45) is 1.70. The second-order valence-electron chi connectivity index (χ2n) is 8.19. The fourth-order valence-corrected chi connectivity index (χ4v) is 4.33. The Kier molecular flexibility index (Phi) is 7.22. The van der Waals surface area contributed by atoms with E-state index in [2.05, 4.69) is 27.5 Å². The van der Waals surface area contributed by atoms with E-state index in [1.807, 2.05) is 60.8 Å². The highest BCUT2D eigenvalue weighted by molar-refractivity contribution is 7.10. The van der Waals surface area contributed by atoms with Gasteiger partial charge in [0, 0.05) is 48.0 Å². The molecular weight excluding hydrogens is 432 g/mol. The predicted molar refractivity (Wildman–Crippen MR) is 136 cm³/mol. The molecule has 7 heteroatoms. The Labute approximate surface area is 198 Å². The molecule has 2 aromatic carbocycles. The minimum absolute atomic E-state index is 0.201. The van der Waals surface area contributed by atoms with Crippen molar-refractivity contribution in [3.05, 3.63) is 87.7 Å². The first-order valence-corrected chi connectivity index (χ1v) is 11.8. The highest BCUT2D eigenvalue weighted by atomic mass is 32.1. The van der Waals surface area contributed by atoms with Gasteiger partial charge in [-0.1, -0.05) is 23.8 Å². The molecule has 2 N–H and O–H groups in total. The summed E-state index contributed by atoms with van der Waals surface area (Å²) in [6.45, 7) is 5.98. The number of benzene rings is 2. The third-order valence-corrected chi connectivity index (χ3v) is 6.42. The van der Waals surface area contributed by atoms with Gasteiger partial charge in [0.05, 0.1) is 0 Å². The number of carbonyl (C=O) groups excluding carboxylic acids is 2. The average molecular weight is 461 g/mol. The van der Waals surface area contributed by atoms with Gasteiger partial charge in [-0.2, -0.15) is 0 Å². The fraction of sp³-hybridized carbons (Fsp3) is 0.231. The van der Waals surface area contributed by atoms with Crippen molar-refractivity contribution in [1.82, 2.24) is 10.2 Å². The van der Waals surface area contributed by atoms with Crippen LogP contribution < -0.4 is 15.5 Å². The fourth-order valence-electron chi connectivity index (χ4n) is 3.67. The summed E-state index contributed by atoms with van der Waals surface area (Å²) >= 11 is 1.50. The van der Waals surface area contributed by atoms with Gasteiger partial charge >= 0.3 is 0 Å². The monoisotopic (exact) mass is 460 g/mol. The Morgan fingerprint density at radius 1 is 0.970 bits per heavy atom. The van der Waals surface area contributed by atoms with Crippen molar-refractivity contribution < 1.29 is 9.59 Å². The van der Waals surface area contributed by atoms with E-state index in [4.69, 9.17) is 0 Å². The first kappa shape index (κ1) is 22.8. The summed E-state index contributed by atoms with van der Waals surface area (Å²) in [6, 6.07) is 18.9. The predicted octanol–water partition coefficient (Wildman–Crippen LogP) is 4.22. The van der Waals surface area contributed by atoms with E-state index in [1.54, 1.807) is 18.2 Å². The van der Waals surface area contributed by atoms with Crippen molar-refractivity contribution in [3.8, 4) is 0 Å². The molecule has 1 aliphatic rings. The molecule has 0 unspecified atom stereocenters. The number of nitrogens with one attached hydrogen (secondary N) is 2. The molecule has 3 aromatic rings. The summed E-state index contributed by atoms with van der Waals surface area (Å²) in [7, 11) is 2.13. The number of hydrogen-bond acceptors (Lipinski definition) is 5. The molecule has 1 saturated heterocycles. The summed E-state index contributed by atoms with van der Waals surface area (Å²) in [5, 5.41) is 7.64. The molecular formula is C26H28N4O2S. The van der Waals surface area contributed by atoms with Crippen LogP contribution in [0.5, 0.6) is 0 Å². The van der Waals surface area contributed by atoms with Crippen LogP contribution in [-0.2, 0) is 4.79 Å². The lowest BCUT2D eigenvalue weighted by Crippen LogP contribution is -2.44. The number of likely N-dealkylation sites (N-methyl/N-ethyl adjacent to an activating group) is 1. The minimum atomic E-state index is -0.364. The largest absolute Gasteiger partial charge is 0.369 e. The van der Waals surface area contributed by atoms with Crippen LogP contribution in [0.15, 0.2) is 71.7 Å². The van der Waals surface area contributed by atoms with E-state index in [0.717, 1.165) is 42.3 Å². The number of thiophene rings is 1. The summed E-state index contributed by atoms with van der Waals surface area (Å²) in [4.78, 5) is 31.4. The van der Waals surface area contributed by atoms with Crippen molar-refractivity contribution in [3.63, 3.8) is 0 Å². The second-order valence-corrected chi connectivity index (χ2v) is 9.17. The van der Waals surface area contributed by atoms with Crippen LogP contribution in [-0.4, -0.2) is 49.9 Å². The lowest BCUT2D eigenvalue weighted by Gasteiger charge is -2.34. The molecule has 1 fully saturated rings. The van der Waals surface area contributed by atoms with Crippen LogP contribution in [0.1, 0.15) is 20.8 Å². The van der Waals surface area contributed by atoms with Gasteiger partial charge in [0.15, 0.2) is 0 Å². The van der Waals surface area contributed by atoms with Crippen molar-refractivity contribution in [2.24, 2.45) is 0 Å². The molecule has 6 nitrogen and oxygen atoms in total. The Balaban J connectivity index is 1.48. The van der Waals surface area contributed by atoms with Gasteiger partial charge in [0.2, 0.25) is 0 Å². The molecule has 2 amide bonds. The van der Waals surface area contributed by atoms with Gasteiger partial charge in [0.1, 0.15) is 5.70 Å². The SMILES string of the molecule is Cc1cccc(C(=O)N/C(=C\c2cccs2)C(=O)Nc2ccc(N3CCN(C)CC3)cc2)c1. The van der Waals surface area contributed by atoms with Crippen LogP contribution in [0.4, 0.5) is 11.4 Å². The molecule has 33 heavy (non-hydrogen) atoms. The van der Waals surface area contributed by atoms with E-state index in [-0.39, 0.29) is 17.5 Å². The molecule has 0 bridgehead atoms. The molecule has 0 spiro atoms. The minimum Gasteiger partial charge on any atom is -0.369 e. The van der Waals surface area contributed by atoms with Gasteiger partial charge in [-0.15, -0.1) is 11.3 Å². The van der Waals surface area contributed by atoms with E-state index >= 15 is 0 Å². The first-order chi connectivity index (χ1) is 16.0. The molecule has 4 rings (SSSR count). The third-order valence-electron chi connectivity index (χ3n) is 5.60. The zero-order chi connectivity index (χ0) is 23.2. The normalized spacial score (nSPS) is 14.7. The van der Waals surface area contributed by atoms with Gasteiger partial charge < -0.3 is 20.4 Å². The number of piperazine rings is 1. The van der Waals surface area contributed by atoms with Gasteiger partial charge in [0.25, 0.3) is 11.8 Å². The maximum Gasteiger partial charge on any atom is 0.272 e. The lowest BCUT2D eigenvalue weighted by molar-refractivity contribution is -0.113. The maximum atomic E-state index is 13.1. The highest BCUT2D eigenvalue weighted by Gasteiger charge is 2.17. The van der Waals surface area contributed by atoms with Gasteiger partial charge in [-0.25, -0.2) is 0 Å². The smallest absolute Gasteiger partial charge is 0.272 e. The standard InChI is InChI=1S/C26H28N4O2S/c1-19-5-3-6-20(17-19)25(31)28-24(18-23-7-4-16-33-23)26(32)27-21-8-10-22(11-9-21)30-14-12-29(2)13-15-30/h3-11,16-18H,12-15H2,1-2H3,(H,27,32)(H,28,31)/b24-18-. The zero-order valence-corrected chi connectivity index (χ0v) is 19.7. The molecule has 0 atom stereocenters. The highest BCUT2D eigenvalue weighted by Crippen LogP contribution is 2.20. The zero-order valence-electron chi connectivity index (χ0n) is 18.9. The Morgan fingerprint density at radius 3 is 2.39 bits per heavy atom. The van der Waals surface area contributed by atoms with E-state index in [0.29, 0.717) is 11.3 Å². The van der Waals surface area contributed by atoms with Gasteiger partial charge in [-0.05, 0) is 67.9 Å². The summed E-state index contributed by atoms with van der Waals surface area (Å²) in [5.74, 6) is -0.682. The third kappa shape index (κ3) is 6.09. The van der Waals surface area contributed by atoms with Crippen LogP contribution in [0, 0.1) is 6.92 Å². The number of rotatable bonds is 6. The second kappa shape index (κ2) is 10.5. The van der Waals surface area contributed by atoms with Crippen LogP contribution in [0.3, 0.4) is 0 Å². The van der Waals surface area contributed by atoms with E-state index < -0.39 is 0 Å². The lowest BCUT2D eigenvalue weighted by atomic mass is 10.1. The van der Waals surface area contributed by atoms with Crippen molar-refractivity contribution in [1.29, 1.82) is 0 Å². The number of aryl methyl sites for hydroxylation is 1. The molecule has 0 saturated carbocycles. The number of hydrogen-bond donors (Lipinski definition) is 2. The Bertz CT molecular complexity index is 1130. The Hall–Kier alpha value is -3.42. The first-order valence-electron chi connectivity index (χ1n) is 11.0. The van der Waals surface area contributed by atoms with Crippen molar-refractivity contribution >= 4 is 40.6 Å². The quantitative estimate of drug-likeness (QED) is 0.541. The molecule has 170 valence electrons. The topological polar surface area (TPSA) is 64.7 Å². The van der Waals surface area contributed by atoms with E-state index in [1.165, 1.54) is 11.3 Å². The van der Waals surface area contributed by atoms with E-state index in [9.17, 15) is 9.59 Å². The van der Waals surface area contributed by atoms with Crippen molar-refractivity contribution in [2.75, 3.05) is 43.4 Å². The molecule has 0 radical (unpaired) electrons. The van der Waals surface area contributed by atoms with Gasteiger partial charge in [-0.3, -0.25) is 9.59 Å². The maximum absolute atomic E-state index is 13.1. The molecule has 1 aliphatic heterocycles. The van der Waals surface area contributed by atoms with Crippen LogP contribution in [0.2, 0.25) is 0 Å². The summed E-state index contributed by atoms with van der Waals surface area (Å²) < 4.78 is 0. The Morgan fingerprint density at radius 2 is 1.73 bits per heavy atom. The molecule has 0 aliphatic carbocycles. The summed E-state index contributed by atoms with van der Waals surface area (Å²) in [5.41, 5.74) is 3.52. The van der Waals surface area contributed by atoms with Crippen LogP contribution >= 0.6 is 11.3 Å². The number of nitrogens with zero attached hydrogens (tertiary/aromatic N) is 2. The molecule has 1 aromatic heterocycles. The van der Waals surface area contributed by atoms with Crippen LogP contribution in [0.25, 0.3) is 6.08 Å². The average Bonchev–Trinajstić information content (AvgIpc) is 3.33. The van der Waals surface area contributed by atoms with Crippen molar-refractivity contribution in [2.45, 2.75) is 6.92 Å².